The summed E-state index contributed by atoms with van der Waals surface area (Å²) < 4.78 is 0. The van der Waals surface area contributed by atoms with Crippen molar-refractivity contribution in [1.82, 2.24) is 4.98 Å². The highest BCUT2D eigenvalue weighted by Gasteiger charge is 1.92. The minimum Gasteiger partial charge on any atom is -0.361 e. The standard InChI is InChI=1S/C9H11N.2C2H6.H2/c1-3-5-8-6-7-10-9(8)4-2;2*1-2;/h3-7,10H,2H2,1H3;2*1-2H3;1H/b5-3-;;;. The normalized spacial score (nSPS) is 8.36. The Hall–Kier alpha value is -1.24. The van der Waals surface area contributed by atoms with E-state index in [1.807, 2.05) is 65.1 Å². The van der Waals surface area contributed by atoms with E-state index in [1.54, 1.807) is 0 Å². The third kappa shape index (κ3) is 5.41. The quantitative estimate of drug-likeness (QED) is 0.684. The molecule has 0 spiro atoms. The van der Waals surface area contributed by atoms with E-state index >= 15 is 0 Å². The van der Waals surface area contributed by atoms with Gasteiger partial charge in [-0.05, 0) is 24.6 Å². The Balaban J connectivity index is -0.000000258. The van der Waals surface area contributed by atoms with Crippen LogP contribution in [0.3, 0.4) is 0 Å². The lowest BCUT2D eigenvalue weighted by atomic mass is 10.2. The fourth-order valence-electron chi connectivity index (χ4n) is 0.896. The number of hydrogen-bond donors (Lipinski definition) is 1. The molecule has 0 saturated carbocycles. The van der Waals surface area contributed by atoms with Crippen LogP contribution in [0.4, 0.5) is 0 Å². The summed E-state index contributed by atoms with van der Waals surface area (Å²) in [6, 6.07) is 2.02. The number of rotatable bonds is 2. The van der Waals surface area contributed by atoms with Gasteiger partial charge in [-0.1, -0.05) is 46.4 Å². The minimum atomic E-state index is 0. The van der Waals surface area contributed by atoms with Crippen LogP contribution in [0.5, 0.6) is 0 Å². The van der Waals surface area contributed by atoms with Crippen molar-refractivity contribution in [2.24, 2.45) is 0 Å². The molecule has 1 aromatic heterocycles. The highest BCUT2D eigenvalue weighted by molar-refractivity contribution is 5.61. The molecule has 1 heteroatoms. The molecule has 14 heavy (non-hydrogen) atoms. The van der Waals surface area contributed by atoms with Gasteiger partial charge in [-0.25, -0.2) is 0 Å². The highest BCUT2D eigenvalue weighted by Crippen LogP contribution is 2.09. The molecule has 0 aliphatic rings. The predicted octanol–water partition coefficient (Wildman–Crippen LogP) is 4.99. The fraction of sp³-hybridized carbons (Fsp3) is 0.385. The van der Waals surface area contributed by atoms with Crippen LogP contribution in [0.2, 0.25) is 0 Å². The van der Waals surface area contributed by atoms with E-state index in [4.69, 9.17) is 0 Å². The summed E-state index contributed by atoms with van der Waals surface area (Å²) in [6.45, 7) is 13.7. The predicted molar refractivity (Wildman–Crippen MR) is 70.4 cm³/mol. The molecule has 1 rings (SSSR count). The van der Waals surface area contributed by atoms with Crippen molar-refractivity contribution in [3.8, 4) is 0 Å². The maximum Gasteiger partial charge on any atom is 0.0447 e. The van der Waals surface area contributed by atoms with Gasteiger partial charge in [0.25, 0.3) is 0 Å². The average Bonchev–Trinajstić information content (AvgIpc) is 2.72. The summed E-state index contributed by atoms with van der Waals surface area (Å²) in [4.78, 5) is 3.07. The van der Waals surface area contributed by atoms with Gasteiger partial charge in [0.05, 0.1) is 0 Å². The van der Waals surface area contributed by atoms with Crippen molar-refractivity contribution in [2.75, 3.05) is 0 Å². The summed E-state index contributed by atoms with van der Waals surface area (Å²) in [5.41, 5.74) is 2.27. The second-order valence-corrected chi connectivity index (χ2v) is 2.05. The molecule has 0 amide bonds. The lowest BCUT2D eigenvalue weighted by Crippen LogP contribution is -1.71. The van der Waals surface area contributed by atoms with Crippen molar-refractivity contribution in [3.05, 3.63) is 36.2 Å². The molecule has 1 nitrogen and oxygen atoms in total. The molecule has 0 aliphatic carbocycles. The largest absolute Gasteiger partial charge is 0.361 e. The summed E-state index contributed by atoms with van der Waals surface area (Å²) in [7, 11) is 0. The Kier molecular flexibility index (Phi) is 12.8. The Morgan fingerprint density at radius 2 is 1.86 bits per heavy atom. The smallest absolute Gasteiger partial charge is 0.0447 e. The van der Waals surface area contributed by atoms with Gasteiger partial charge in [-0.2, -0.15) is 0 Å². The zero-order valence-corrected chi connectivity index (χ0v) is 10.1. The molecule has 0 aromatic carbocycles. The number of allylic oxidation sites excluding steroid dienone is 1. The minimum absolute atomic E-state index is 0. The first-order chi connectivity index (χ1) is 6.88. The number of nitrogens with one attached hydrogen (secondary N) is 1. The molecule has 0 unspecified atom stereocenters. The van der Waals surface area contributed by atoms with E-state index in [-0.39, 0.29) is 1.43 Å². The molecule has 0 radical (unpaired) electrons. The van der Waals surface area contributed by atoms with Crippen LogP contribution in [-0.2, 0) is 0 Å². The Morgan fingerprint density at radius 1 is 1.29 bits per heavy atom. The molecule has 82 valence electrons. The van der Waals surface area contributed by atoms with Crippen LogP contribution in [0.25, 0.3) is 12.2 Å². The number of hydrogen-bond acceptors (Lipinski definition) is 0. The van der Waals surface area contributed by atoms with Gasteiger partial charge >= 0.3 is 0 Å². The van der Waals surface area contributed by atoms with Crippen molar-refractivity contribution >= 4 is 12.2 Å². The second kappa shape index (κ2) is 11.8. The molecular weight excluding hydrogens is 170 g/mol. The monoisotopic (exact) mass is 195 g/mol. The van der Waals surface area contributed by atoms with E-state index in [9.17, 15) is 0 Å². The van der Waals surface area contributed by atoms with Gasteiger partial charge in [-0.3, -0.25) is 0 Å². The SMILES string of the molecule is C=Cc1[nH]ccc1/C=C\C.CC.CC.[HH]. The molecule has 1 heterocycles. The molecule has 0 aliphatic heterocycles. The van der Waals surface area contributed by atoms with Crippen molar-refractivity contribution in [3.63, 3.8) is 0 Å². The fourth-order valence-corrected chi connectivity index (χ4v) is 0.896. The van der Waals surface area contributed by atoms with Gasteiger partial charge in [0.15, 0.2) is 0 Å². The molecular formula is C13H25N. The van der Waals surface area contributed by atoms with Gasteiger partial charge in [0, 0.05) is 13.3 Å². The van der Waals surface area contributed by atoms with Crippen LogP contribution in [0.15, 0.2) is 24.9 Å². The lowest BCUT2D eigenvalue weighted by Gasteiger charge is -1.87. The van der Waals surface area contributed by atoms with E-state index in [0.717, 1.165) is 5.69 Å². The van der Waals surface area contributed by atoms with Crippen LogP contribution in [0, 0.1) is 0 Å². The van der Waals surface area contributed by atoms with Gasteiger partial charge in [0.2, 0.25) is 0 Å². The summed E-state index contributed by atoms with van der Waals surface area (Å²) >= 11 is 0. The third-order valence-corrected chi connectivity index (χ3v) is 1.36. The van der Waals surface area contributed by atoms with Crippen molar-refractivity contribution in [2.45, 2.75) is 34.6 Å². The highest BCUT2D eigenvalue weighted by atomic mass is 14.7. The summed E-state index contributed by atoms with van der Waals surface area (Å²) in [5.74, 6) is 0. The Bertz CT molecular complexity index is 249. The average molecular weight is 195 g/mol. The molecule has 1 N–H and O–H groups in total. The van der Waals surface area contributed by atoms with Crippen LogP contribution < -0.4 is 0 Å². The molecule has 0 fully saturated rings. The first-order valence-corrected chi connectivity index (χ1v) is 5.31. The van der Waals surface area contributed by atoms with Crippen molar-refractivity contribution in [1.29, 1.82) is 0 Å². The maximum absolute atomic E-state index is 3.68. The van der Waals surface area contributed by atoms with E-state index in [2.05, 4.69) is 11.6 Å². The first kappa shape index (κ1) is 15.2. The van der Waals surface area contributed by atoms with Gasteiger partial charge < -0.3 is 4.98 Å². The van der Waals surface area contributed by atoms with Gasteiger partial charge in [0.1, 0.15) is 0 Å². The van der Waals surface area contributed by atoms with Crippen LogP contribution in [-0.4, -0.2) is 4.98 Å². The number of H-pyrrole nitrogens is 1. The Labute approximate surface area is 90.0 Å². The molecule has 1 aromatic rings. The van der Waals surface area contributed by atoms with Gasteiger partial charge in [-0.15, -0.1) is 0 Å². The molecule has 0 saturated heterocycles. The molecule has 0 atom stereocenters. The second-order valence-electron chi connectivity index (χ2n) is 2.05. The van der Waals surface area contributed by atoms with E-state index in [1.165, 1.54) is 5.56 Å². The molecule has 0 bridgehead atoms. The summed E-state index contributed by atoms with van der Waals surface area (Å²) in [6.07, 6.45) is 7.78. The Morgan fingerprint density at radius 3 is 2.29 bits per heavy atom. The third-order valence-electron chi connectivity index (χ3n) is 1.36. The topological polar surface area (TPSA) is 15.8 Å². The van der Waals surface area contributed by atoms with E-state index < -0.39 is 0 Å². The summed E-state index contributed by atoms with van der Waals surface area (Å²) in [5, 5.41) is 0. The first-order valence-electron chi connectivity index (χ1n) is 5.31. The van der Waals surface area contributed by atoms with Crippen LogP contribution >= 0.6 is 0 Å². The number of aromatic nitrogens is 1. The maximum atomic E-state index is 3.68. The lowest BCUT2D eigenvalue weighted by molar-refractivity contribution is 1.37. The van der Waals surface area contributed by atoms with E-state index in [0.29, 0.717) is 0 Å². The van der Waals surface area contributed by atoms with Crippen molar-refractivity contribution < 1.29 is 1.43 Å². The zero-order chi connectivity index (χ0) is 11.4. The van der Waals surface area contributed by atoms with Crippen LogP contribution in [0.1, 0.15) is 47.3 Å². The zero-order valence-electron chi connectivity index (χ0n) is 10.1. The number of aromatic amines is 1.